The fourth-order valence-electron chi connectivity index (χ4n) is 2.55. The van der Waals surface area contributed by atoms with Gasteiger partial charge >= 0.3 is 6.03 Å². The van der Waals surface area contributed by atoms with Gasteiger partial charge in [0, 0.05) is 11.8 Å². The van der Waals surface area contributed by atoms with Gasteiger partial charge in [-0.15, -0.1) is 0 Å². The van der Waals surface area contributed by atoms with E-state index >= 15 is 0 Å². The zero-order valence-electron chi connectivity index (χ0n) is 13.9. The van der Waals surface area contributed by atoms with E-state index in [-0.39, 0.29) is 12.2 Å². The van der Waals surface area contributed by atoms with Crippen molar-refractivity contribution in [3.05, 3.63) is 58.1 Å². The van der Waals surface area contributed by atoms with Crippen LogP contribution in [0.2, 0.25) is 0 Å². The van der Waals surface area contributed by atoms with E-state index in [9.17, 15) is 14.4 Å². The van der Waals surface area contributed by atoms with E-state index in [1.165, 1.54) is 6.08 Å². The second kappa shape index (κ2) is 7.57. The molecule has 0 spiro atoms. The molecular formula is C18H16BrN3O4. The molecular weight excluding hydrogens is 402 g/mol. The van der Waals surface area contributed by atoms with Gasteiger partial charge < -0.3 is 15.1 Å². The predicted molar refractivity (Wildman–Crippen MR) is 99.1 cm³/mol. The highest BCUT2D eigenvalue weighted by atomic mass is 79.9. The first-order chi connectivity index (χ1) is 12.5. The fraction of sp³-hybridized carbons (Fsp3) is 0.167. The Morgan fingerprint density at radius 3 is 2.73 bits per heavy atom. The molecule has 0 bridgehead atoms. The summed E-state index contributed by atoms with van der Waals surface area (Å²) in [6, 6.07) is 10.1. The number of nitrogens with one attached hydrogen (secondary N) is 2. The number of carbonyl (C=O) groups is 3. The molecule has 1 aromatic carbocycles. The van der Waals surface area contributed by atoms with Crippen molar-refractivity contribution >= 4 is 45.5 Å². The number of hydrogen-bond acceptors (Lipinski definition) is 4. The van der Waals surface area contributed by atoms with Crippen LogP contribution < -0.4 is 10.6 Å². The monoisotopic (exact) mass is 417 g/mol. The molecule has 1 aromatic heterocycles. The average Bonchev–Trinajstić information content (AvgIpc) is 3.13. The Bertz CT molecular complexity index is 903. The standard InChI is InChI=1S/C18H16BrN3O4/c1-2-11-5-3-4-6-13(11)20-16(23)10-22-17(24)14(21-18(22)25)9-12-7-8-15(19)26-12/h3-9H,2,10H2,1H3,(H,20,23)(H,21,25)/b14-9+. The van der Waals surface area contributed by atoms with Gasteiger partial charge in [0.15, 0.2) is 4.67 Å². The van der Waals surface area contributed by atoms with E-state index in [4.69, 9.17) is 4.42 Å². The van der Waals surface area contributed by atoms with Crippen LogP contribution in [0, 0.1) is 0 Å². The maximum atomic E-state index is 12.4. The Kier molecular flexibility index (Phi) is 5.22. The van der Waals surface area contributed by atoms with Gasteiger partial charge in [-0.3, -0.25) is 9.59 Å². The summed E-state index contributed by atoms with van der Waals surface area (Å²) in [6.07, 6.45) is 2.17. The van der Waals surface area contributed by atoms with Crippen LogP contribution in [0.1, 0.15) is 18.2 Å². The smallest absolute Gasteiger partial charge is 0.329 e. The summed E-state index contributed by atoms with van der Waals surface area (Å²) in [5.74, 6) is -0.624. The number of halogens is 1. The molecule has 1 saturated heterocycles. The van der Waals surface area contributed by atoms with E-state index in [1.807, 2.05) is 25.1 Å². The number of hydrogen-bond donors (Lipinski definition) is 2. The van der Waals surface area contributed by atoms with Crippen LogP contribution in [0.3, 0.4) is 0 Å². The topological polar surface area (TPSA) is 91.7 Å². The third-order valence-electron chi connectivity index (χ3n) is 3.82. The van der Waals surface area contributed by atoms with Gasteiger partial charge in [-0.05, 0) is 46.1 Å². The number of anilines is 1. The lowest BCUT2D eigenvalue weighted by molar-refractivity contribution is -0.127. The van der Waals surface area contributed by atoms with Crippen molar-refractivity contribution in [3.8, 4) is 0 Å². The van der Waals surface area contributed by atoms with Gasteiger partial charge in [-0.1, -0.05) is 25.1 Å². The lowest BCUT2D eigenvalue weighted by Crippen LogP contribution is -2.38. The minimum atomic E-state index is -0.647. The molecule has 1 fully saturated rings. The number of amides is 4. The van der Waals surface area contributed by atoms with Gasteiger partial charge in [0.1, 0.15) is 18.0 Å². The van der Waals surface area contributed by atoms with Crippen LogP contribution >= 0.6 is 15.9 Å². The molecule has 7 nitrogen and oxygen atoms in total. The zero-order valence-corrected chi connectivity index (χ0v) is 15.5. The Morgan fingerprint density at radius 2 is 2.04 bits per heavy atom. The molecule has 4 amide bonds. The lowest BCUT2D eigenvalue weighted by atomic mass is 10.1. The molecule has 0 unspecified atom stereocenters. The van der Waals surface area contributed by atoms with Crippen LogP contribution in [-0.2, 0) is 16.0 Å². The summed E-state index contributed by atoms with van der Waals surface area (Å²) in [5.41, 5.74) is 1.70. The minimum Gasteiger partial charge on any atom is -0.450 e. The predicted octanol–water partition coefficient (Wildman–Crippen LogP) is 3.14. The molecule has 134 valence electrons. The average molecular weight is 418 g/mol. The second-order valence-corrected chi connectivity index (χ2v) is 6.36. The third-order valence-corrected chi connectivity index (χ3v) is 4.24. The fourth-order valence-corrected chi connectivity index (χ4v) is 2.87. The molecule has 2 heterocycles. The Hall–Kier alpha value is -2.87. The van der Waals surface area contributed by atoms with Crippen LogP contribution in [0.4, 0.5) is 10.5 Å². The van der Waals surface area contributed by atoms with Crippen LogP contribution in [0.25, 0.3) is 6.08 Å². The minimum absolute atomic E-state index is 0.0543. The largest absolute Gasteiger partial charge is 0.450 e. The summed E-state index contributed by atoms with van der Waals surface area (Å²) in [4.78, 5) is 37.5. The van der Waals surface area contributed by atoms with E-state index < -0.39 is 17.8 Å². The third kappa shape index (κ3) is 3.85. The molecule has 2 N–H and O–H groups in total. The SMILES string of the molecule is CCc1ccccc1NC(=O)CN1C(=O)N/C(=C/c2ccc(Br)o2)C1=O. The normalized spacial score (nSPS) is 15.5. The van der Waals surface area contributed by atoms with E-state index in [2.05, 4.69) is 26.6 Å². The Balaban J connectivity index is 1.69. The molecule has 1 aliphatic rings. The van der Waals surface area contributed by atoms with Crippen LogP contribution in [0.15, 0.2) is 51.2 Å². The van der Waals surface area contributed by atoms with Crippen LogP contribution in [0.5, 0.6) is 0 Å². The number of nitrogens with zero attached hydrogens (tertiary/aromatic N) is 1. The number of carbonyl (C=O) groups excluding carboxylic acids is 3. The number of furan rings is 1. The molecule has 2 aromatic rings. The van der Waals surface area contributed by atoms with Crippen molar-refractivity contribution in [2.75, 3.05) is 11.9 Å². The number of benzene rings is 1. The maximum Gasteiger partial charge on any atom is 0.329 e. The molecule has 0 radical (unpaired) electrons. The van der Waals surface area contributed by atoms with Crippen LogP contribution in [-0.4, -0.2) is 29.3 Å². The molecule has 0 aliphatic carbocycles. The molecule has 1 aliphatic heterocycles. The first-order valence-electron chi connectivity index (χ1n) is 7.95. The number of rotatable bonds is 5. The number of aryl methyl sites for hydroxylation is 1. The lowest BCUT2D eigenvalue weighted by Gasteiger charge is -2.13. The summed E-state index contributed by atoms with van der Waals surface area (Å²) < 4.78 is 5.80. The Labute approximate surface area is 158 Å². The first-order valence-corrected chi connectivity index (χ1v) is 8.75. The van der Waals surface area contributed by atoms with E-state index in [0.29, 0.717) is 16.1 Å². The highest BCUT2D eigenvalue weighted by Crippen LogP contribution is 2.19. The molecule has 26 heavy (non-hydrogen) atoms. The quantitative estimate of drug-likeness (QED) is 0.577. The van der Waals surface area contributed by atoms with E-state index in [1.54, 1.807) is 18.2 Å². The van der Waals surface area contributed by atoms with Gasteiger partial charge in [0.2, 0.25) is 5.91 Å². The van der Waals surface area contributed by atoms with Gasteiger partial charge in [0.05, 0.1) is 0 Å². The summed E-state index contributed by atoms with van der Waals surface area (Å²) >= 11 is 3.16. The summed E-state index contributed by atoms with van der Waals surface area (Å²) in [5, 5.41) is 5.19. The van der Waals surface area contributed by atoms with Crippen molar-refractivity contribution in [3.63, 3.8) is 0 Å². The summed E-state index contributed by atoms with van der Waals surface area (Å²) in [6.45, 7) is 1.61. The molecule has 0 atom stereocenters. The van der Waals surface area contributed by atoms with Gasteiger partial charge in [-0.2, -0.15) is 0 Å². The van der Waals surface area contributed by atoms with Crippen molar-refractivity contribution in [1.82, 2.24) is 10.2 Å². The highest BCUT2D eigenvalue weighted by molar-refractivity contribution is 9.10. The van der Waals surface area contributed by atoms with Gasteiger partial charge in [0.25, 0.3) is 5.91 Å². The van der Waals surface area contributed by atoms with E-state index in [0.717, 1.165) is 16.9 Å². The molecule has 8 heteroatoms. The first kappa shape index (κ1) is 17.9. The summed E-state index contributed by atoms with van der Waals surface area (Å²) in [7, 11) is 0. The number of imide groups is 1. The maximum absolute atomic E-state index is 12.4. The second-order valence-electron chi connectivity index (χ2n) is 5.58. The van der Waals surface area contributed by atoms with Crippen molar-refractivity contribution in [2.24, 2.45) is 0 Å². The highest BCUT2D eigenvalue weighted by Gasteiger charge is 2.35. The van der Waals surface area contributed by atoms with Gasteiger partial charge in [-0.25, -0.2) is 9.69 Å². The number of urea groups is 1. The molecule has 0 saturated carbocycles. The number of para-hydroxylation sites is 1. The molecule has 3 rings (SSSR count). The Morgan fingerprint density at radius 1 is 1.27 bits per heavy atom. The zero-order chi connectivity index (χ0) is 18.7. The van der Waals surface area contributed by atoms with Crippen molar-refractivity contribution < 1.29 is 18.8 Å². The van der Waals surface area contributed by atoms with Crippen molar-refractivity contribution in [1.29, 1.82) is 0 Å². The van der Waals surface area contributed by atoms with Crippen molar-refractivity contribution in [2.45, 2.75) is 13.3 Å².